The number of amides is 1. The predicted octanol–water partition coefficient (Wildman–Crippen LogP) is 2.63. The standard InChI is InChI=1S/C16H19N3O2/c1-2-8-21-15-5-3-4-14(9-15)19-16(20)10-13-7-6-12(17)11-18-13/h3-7,9,11H,2,8,10,17H2,1H3,(H,19,20). The fourth-order valence-electron chi connectivity index (χ4n) is 1.79. The number of nitrogens with two attached hydrogens (primary N) is 1. The number of carbonyl (C=O) groups is 1. The number of nitrogens with one attached hydrogen (secondary N) is 1. The highest BCUT2D eigenvalue weighted by Gasteiger charge is 2.06. The van der Waals surface area contributed by atoms with Gasteiger partial charge >= 0.3 is 0 Å². The van der Waals surface area contributed by atoms with E-state index in [2.05, 4.69) is 10.3 Å². The van der Waals surface area contributed by atoms with Gasteiger partial charge in [0.25, 0.3) is 0 Å². The Morgan fingerprint density at radius 1 is 1.33 bits per heavy atom. The molecule has 0 aliphatic heterocycles. The van der Waals surface area contributed by atoms with Gasteiger partial charge in [-0.05, 0) is 30.7 Å². The van der Waals surface area contributed by atoms with Gasteiger partial charge in [-0.3, -0.25) is 9.78 Å². The average molecular weight is 285 g/mol. The second-order valence-electron chi connectivity index (χ2n) is 4.68. The van der Waals surface area contributed by atoms with Crippen molar-refractivity contribution < 1.29 is 9.53 Å². The molecule has 0 unspecified atom stereocenters. The zero-order valence-corrected chi connectivity index (χ0v) is 12.0. The average Bonchev–Trinajstić information content (AvgIpc) is 2.48. The third kappa shape index (κ3) is 4.80. The number of ether oxygens (including phenoxy) is 1. The SMILES string of the molecule is CCCOc1cccc(NC(=O)Cc2ccc(N)cn2)c1. The van der Waals surface area contributed by atoms with Crippen molar-refractivity contribution in [3.63, 3.8) is 0 Å². The Balaban J connectivity index is 1.94. The number of anilines is 2. The fraction of sp³-hybridized carbons (Fsp3) is 0.250. The van der Waals surface area contributed by atoms with E-state index in [1.165, 1.54) is 0 Å². The van der Waals surface area contributed by atoms with Crippen LogP contribution in [0, 0.1) is 0 Å². The monoisotopic (exact) mass is 285 g/mol. The van der Waals surface area contributed by atoms with Crippen molar-refractivity contribution in [2.45, 2.75) is 19.8 Å². The quantitative estimate of drug-likeness (QED) is 0.855. The predicted molar refractivity (Wildman–Crippen MR) is 83.2 cm³/mol. The van der Waals surface area contributed by atoms with E-state index in [4.69, 9.17) is 10.5 Å². The third-order valence-corrected chi connectivity index (χ3v) is 2.78. The Labute approximate surface area is 124 Å². The van der Waals surface area contributed by atoms with E-state index in [0.29, 0.717) is 23.7 Å². The zero-order chi connectivity index (χ0) is 15.1. The van der Waals surface area contributed by atoms with Gasteiger partial charge in [-0.25, -0.2) is 0 Å². The molecule has 0 atom stereocenters. The van der Waals surface area contributed by atoms with Gasteiger partial charge in [-0.1, -0.05) is 13.0 Å². The Bertz CT molecular complexity index is 597. The molecule has 5 heteroatoms. The van der Waals surface area contributed by atoms with Crippen molar-refractivity contribution in [2.24, 2.45) is 0 Å². The van der Waals surface area contributed by atoms with Gasteiger partial charge in [-0.2, -0.15) is 0 Å². The van der Waals surface area contributed by atoms with Crippen LogP contribution in [0.25, 0.3) is 0 Å². The molecule has 2 rings (SSSR count). The maximum absolute atomic E-state index is 12.0. The van der Waals surface area contributed by atoms with Crippen molar-refractivity contribution in [3.8, 4) is 5.75 Å². The van der Waals surface area contributed by atoms with E-state index < -0.39 is 0 Å². The van der Waals surface area contributed by atoms with Gasteiger partial charge in [0.05, 0.1) is 24.9 Å². The molecule has 0 aliphatic carbocycles. The van der Waals surface area contributed by atoms with Gasteiger partial charge in [0.1, 0.15) is 5.75 Å². The van der Waals surface area contributed by atoms with Crippen LogP contribution in [-0.2, 0) is 11.2 Å². The summed E-state index contributed by atoms with van der Waals surface area (Å²) in [5.74, 6) is 0.625. The second kappa shape index (κ2) is 7.28. The van der Waals surface area contributed by atoms with Crippen LogP contribution in [-0.4, -0.2) is 17.5 Å². The van der Waals surface area contributed by atoms with E-state index in [1.807, 2.05) is 31.2 Å². The van der Waals surface area contributed by atoms with E-state index in [9.17, 15) is 4.79 Å². The summed E-state index contributed by atoms with van der Waals surface area (Å²) in [5, 5.41) is 2.83. The Morgan fingerprint density at radius 2 is 2.19 bits per heavy atom. The number of hydrogen-bond donors (Lipinski definition) is 2. The minimum Gasteiger partial charge on any atom is -0.494 e. The molecule has 3 N–H and O–H groups in total. The largest absolute Gasteiger partial charge is 0.494 e. The summed E-state index contributed by atoms with van der Waals surface area (Å²) in [6.07, 6.45) is 2.70. The summed E-state index contributed by atoms with van der Waals surface area (Å²) in [6.45, 7) is 2.71. The molecule has 0 spiro atoms. The summed E-state index contributed by atoms with van der Waals surface area (Å²) in [5.41, 5.74) is 7.54. The molecule has 1 heterocycles. The topological polar surface area (TPSA) is 77.2 Å². The first-order chi connectivity index (χ1) is 10.2. The summed E-state index contributed by atoms with van der Waals surface area (Å²) in [7, 11) is 0. The van der Waals surface area contributed by atoms with Crippen LogP contribution in [0.5, 0.6) is 5.75 Å². The molecule has 1 aromatic carbocycles. The van der Waals surface area contributed by atoms with Gasteiger partial charge in [-0.15, -0.1) is 0 Å². The highest BCUT2D eigenvalue weighted by atomic mass is 16.5. The van der Waals surface area contributed by atoms with Gasteiger partial charge in [0.2, 0.25) is 5.91 Å². The highest BCUT2D eigenvalue weighted by molar-refractivity contribution is 5.92. The molecule has 0 aliphatic rings. The fourth-order valence-corrected chi connectivity index (χ4v) is 1.79. The molecule has 0 radical (unpaired) electrons. The summed E-state index contributed by atoms with van der Waals surface area (Å²) >= 11 is 0. The van der Waals surface area contributed by atoms with Gasteiger partial charge < -0.3 is 15.8 Å². The van der Waals surface area contributed by atoms with Crippen LogP contribution in [0.2, 0.25) is 0 Å². The van der Waals surface area contributed by atoms with E-state index in [1.54, 1.807) is 18.3 Å². The molecule has 5 nitrogen and oxygen atoms in total. The van der Waals surface area contributed by atoms with Crippen molar-refractivity contribution in [1.29, 1.82) is 0 Å². The normalized spacial score (nSPS) is 10.1. The Kier molecular flexibility index (Phi) is 5.15. The first kappa shape index (κ1) is 14.8. The summed E-state index contributed by atoms with van der Waals surface area (Å²) in [6, 6.07) is 10.8. The van der Waals surface area contributed by atoms with Crippen LogP contribution in [0.4, 0.5) is 11.4 Å². The number of benzene rings is 1. The number of rotatable bonds is 6. The summed E-state index contributed by atoms with van der Waals surface area (Å²) < 4.78 is 5.53. The molecular formula is C16H19N3O2. The number of hydrogen-bond acceptors (Lipinski definition) is 4. The molecule has 1 aromatic heterocycles. The smallest absolute Gasteiger partial charge is 0.230 e. The Hall–Kier alpha value is -2.56. The minimum atomic E-state index is -0.125. The first-order valence-corrected chi connectivity index (χ1v) is 6.90. The van der Waals surface area contributed by atoms with Crippen LogP contribution in [0.15, 0.2) is 42.6 Å². The molecule has 110 valence electrons. The lowest BCUT2D eigenvalue weighted by Crippen LogP contribution is -2.15. The highest BCUT2D eigenvalue weighted by Crippen LogP contribution is 2.17. The second-order valence-corrected chi connectivity index (χ2v) is 4.68. The van der Waals surface area contributed by atoms with E-state index in [0.717, 1.165) is 12.2 Å². The lowest BCUT2D eigenvalue weighted by Gasteiger charge is -2.08. The summed E-state index contributed by atoms with van der Waals surface area (Å²) in [4.78, 5) is 16.1. The minimum absolute atomic E-state index is 0.125. The first-order valence-electron chi connectivity index (χ1n) is 6.90. The molecule has 21 heavy (non-hydrogen) atoms. The lowest BCUT2D eigenvalue weighted by atomic mass is 10.2. The van der Waals surface area contributed by atoms with E-state index in [-0.39, 0.29) is 12.3 Å². The maximum Gasteiger partial charge on any atom is 0.230 e. The third-order valence-electron chi connectivity index (χ3n) is 2.78. The molecule has 0 saturated carbocycles. The van der Waals surface area contributed by atoms with Gasteiger partial charge in [0.15, 0.2) is 0 Å². The lowest BCUT2D eigenvalue weighted by molar-refractivity contribution is -0.115. The Morgan fingerprint density at radius 3 is 2.90 bits per heavy atom. The van der Waals surface area contributed by atoms with E-state index >= 15 is 0 Å². The van der Waals surface area contributed by atoms with Crippen LogP contribution < -0.4 is 15.8 Å². The van der Waals surface area contributed by atoms with Gasteiger partial charge in [0, 0.05) is 17.4 Å². The molecule has 1 amide bonds. The molecular weight excluding hydrogens is 266 g/mol. The number of carbonyl (C=O) groups excluding carboxylic acids is 1. The number of nitrogen functional groups attached to an aromatic ring is 1. The van der Waals surface area contributed by atoms with Crippen LogP contribution in [0.3, 0.4) is 0 Å². The van der Waals surface area contributed by atoms with Crippen LogP contribution in [0.1, 0.15) is 19.0 Å². The van der Waals surface area contributed by atoms with Crippen molar-refractivity contribution in [3.05, 3.63) is 48.3 Å². The van der Waals surface area contributed by atoms with Crippen LogP contribution >= 0.6 is 0 Å². The number of nitrogens with zero attached hydrogens (tertiary/aromatic N) is 1. The van der Waals surface area contributed by atoms with Crippen molar-refractivity contribution in [2.75, 3.05) is 17.7 Å². The molecule has 0 saturated heterocycles. The maximum atomic E-state index is 12.0. The zero-order valence-electron chi connectivity index (χ0n) is 12.0. The van der Waals surface area contributed by atoms with Crippen molar-refractivity contribution >= 4 is 17.3 Å². The number of pyridine rings is 1. The molecule has 0 fully saturated rings. The molecule has 2 aromatic rings. The number of aromatic nitrogens is 1. The molecule has 0 bridgehead atoms. The van der Waals surface area contributed by atoms with Crippen molar-refractivity contribution in [1.82, 2.24) is 4.98 Å².